The smallest absolute Gasteiger partial charge is 0.200 e. The van der Waals surface area contributed by atoms with Crippen molar-refractivity contribution in [3.63, 3.8) is 0 Å². The molecule has 2 aliphatic heterocycles. The fourth-order valence-corrected chi connectivity index (χ4v) is 3.53. The lowest BCUT2D eigenvalue weighted by atomic mass is 9.85. The van der Waals surface area contributed by atoms with Crippen LogP contribution in [0.15, 0.2) is 12.1 Å². The average molecular weight is 312 g/mol. The highest BCUT2D eigenvalue weighted by atomic mass is 19.2. The minimum atomic E-state index is -1.15. The highest BCUT2D eigenvalue weighted by Gasteiger charge is 2.34. The summed E-state index contributed by atoms with van der Waals surface area (Å²) >= 11 is 0. The third-order valence-electron chi connectivity index (χ3n) is 4.68. The number of phenols is 1. The van der Waals surface area contributed by atoms with Crippen molar-refractivity contribution in [1.82, 2.24) is 10.2 Å². The van der Waals surface area contributed by atoms with Gasteiger partial charge < -0.3 is 15.2 Å². The van der Waals surface area contributed by atoms with E-state index in [1.807, 2.05) is 0 Å². The van der Waals surface area contributed by atoms with Crippen LogP contribution in [-0.2, 0) is 4.74 Å². The van der Waals surface area contributed by atoms with E-state index in [0.717, 1.165) is 45.1 Å². The lowest BCUT2D eigenvalue weighted by Gasteiger charge is -2.41. The summed E-state index contributed by atoms with van der Waals surface area (Å²) in [7, 11) is 0. The molecule has 0 saturated carbocycles. The van der Waals surface area contributed by atoms with Crippen molar-refractivity contribution in [1.29, 1.82) is 0 Å². The molecule has 1 aromatic carbocycles. The Hall–Kier alpha value is -1.24. The van der Waals surface area contributed by atoms with Crippen LogP contribution >= 0.6 is 0 Å². The highest BCUT2D eigenvalue weighted by Crippen LogP contribution is 2.40. The standard InChI is InChI=1S/C16H22F2N2O2/c17-13-2-1-12(16(21)14(13)18)15(11-3-9-22-10-4-11)20-7-5-19-6-8-20/h1-2,11,15,19,21H,3-10H2/t15-/m0/s1. The van der Waals surface area contributed by atoms with Gasteiger partial charge in [0.25, 0.3) is 0 Å². The van der Waals surface area contributed by atoms with E-state index in [0.29, 0.717) is 18.8 Å². The van der Waals surface area contributed by atoms with Gasteiger partial charge in [-0.05, 0) is 24.8 Å². The Morgan fingerprint density at radius 3 is 2.55 bits per heavy atom. The molecule has 4 nitrogen and oxygen atoms in total. The summed E-state index contributed by atoms with van der Waals surface area (Å²) in [6.45, 7) is 4.75. The minimum Gasteiger partial charge on any atom is -0.505 e. The van der Waals surface area contributed by atoms with Crippen molar-refractivity contribution in [2.45, 2.75) is 18.9 Å². The van der Waals surface area contributed by atoms with Gasteiger partial charge in [0.05, 0.1) is 0 Å². The molecule has 122 valence electrons. The van der Waals surface area contributed by atoms with Crippen LogP contribution in [0.2, 0.25) is 0 Å². The number of benzene rings is 1. The van der Waals surface area contributed by atoms with E-state index in [4.69, 9.17) is 4.74 Å². The number of phenolic OH excluding ortho intramolecular Hbond substituents is 1. The van der Waals surface area contributed by atoms with E-state index in [1.165, 1.54) is 6.07 Å². The molecule has 0 radical (unpaired) electrons. The van der Waals surface area contributed by atoms with Gasteiger partial charge in [-0.25, -0.2) is 4.39 Å². The maximum Gasteiger partial charge on any atom is 0.200 e. The van der Waals surface area contributed by atoms with E-state index in [2.05, 4.69) is 10.2 Å². The maximum atomic E-state index is 13.8. The Labute approximate surface area is 129 Å². The summed E-state index contributed by atoms with van der Waals surface area (Å²) in [4.78, 5) is 2.26. The number of nitrogens with one attached hydrogen (secondary N) is 1. The second-order valence-electron chi connectivity index (χ2n) is 5.98. The highest BCUT2D eigenvalue weighted by molar-refractivity contribution is 5.37. The van der Waals surface area contributed by atoms with Crippen LogP contribution in [0.5, 0.6) is 5.75 Å². The molecule has 0 aromatic heterocycles. The van der Waals surface area contributed by atoms with E-state index in [-0.39, 0.29) is 12.0 Å². The Balaban J connectivity index is 1.94. The first-order chi connectivity index (χ1) is 10.7. The zero-order chi connectivity index (χ0) is 15.5. The van der Waals surface area contributed by atoms with Crippen LogP contribution < -0.4 is 5.32 Å². The molecule has 1 aromatic rings. The van der Waals surface area contributed by atoms with Gasteiger partial charge in [-0.15, -0.1) is 0 Å². The lowest BCUT2D eigenvalue weighted by Crippen LogP contribution is -2.47. The molecular formula is C16H22F2N2O2. The van der Waals surface area contributed by atoms with Crippen molar-refractivity contribution in [3.05, 3.63) is 29.3 Å². The summed E-state index contributed by atoms with van der Waals surface area (Å²) < 4.78 is 32.6. The first kappa shape index (κ1) is 15.6. The van der Waals surface area contributed by atoms with Gasteiger partial charge in [-0.1, -0.05) is 6.07 Å². The van der Waals surface area contributed by atoms with Crippen molar-refractivity contribution in [3.8, 4) is 5.75 Å². The Morgan fingerprint density at radius 2 is 1.86 bits per heavy atom. The van der Waals surface area contributed by atoms with Gasteiger partial charge in [-0.3, -0.25) is 4.90 Å². The maximum absolute atomic E-state index is 13.8. The summed E-state index contributed by atoms with van der Waals surface area (Å²) in [5, 5.41) is 13.4. The molecule has 2 fully saturated rings. The third-order valence-corrected chi connectivity index (χ3v) is 4.68. The number of hydrogen-bond acceptors (Lipinski definition) is 4. The van der Waals surface area contributed by atoms with Crippen molar-refractivity contribution in [2.24, 2.45) is 5.92 Å². The van der Waals surface area contributed by atoms with Crippen LogP contribution in [-0.4, -0.2) is 49.4 Å². The predicted molar refractivity (Wildman–Crippen MR) is 78.7 cm³/mol. The molecule has 0 amide bonds. The van der Waals surface area contributed by atoms with Gasteiger partial charge in [0.1, 0.15) is 0 Å². The minimum absolute atomic E-state index is 0.0962. The zero-order valence-electron chi connectivity index (χ0n) is 12.5. The van der Waals surface area contributed by atoms with Crippen LogP contribution in [0.4, 0.5) is 8.78 Å². The molecule has 3 rings (SSSR count). The number of nitrogens with zero attached hydrogens (tertiary/aromatic N) is 1. The lowest BCUT2D eigenvalue weighted by molar-refractivity contribution is 0.0204. The van der Waals surface area contributed by atoms with E-state index in [1.54, 1.807) is 0 Å². The van der Waals surface area contributed by atoms with Crippen LogP contribution in [0.3, 0.4) is 0 Å². The van der Waals surface area contributed by atoms with Gasteiger partial charge in [-0.2, -0.15) is 4.39 Å². The number of rotatable bonds is 3. The topological polar surface area (TPSA) is 44.7 Å². The molecule has 2 heterocycles. The summed E-state index contributed by atoms with van der Waals surface area (Å²) in [6, 6.07) is 2.54. The van der Waals surface area contributed by atoms with Crippen molar-refractivity contribution in [2.75, 3.05) is 39.4 Å². The fourth-order valence-electron chi connectivity index (χ4n) is 3.53. The monoisotopic (exact) mass is 312 g/mol. The van der Waals surface area contributed by atoms with Gasteiger partial charge in [0.15, 0.2) is 11.6 Å². The van der Waals surface area contributed by atoms with E-state index < -0.39 is 17.4 Å². The van der Waals surface area contributed by atoms with Gasteiger partial charge >= 0.3 is 0 Å². The van der Waals surface area contributed by atoms with Crippen molar-refractivity contribution >= 4 is 0 Å². The number of aromatic hydroxyl groups is 1. The van der Waals surface area contributed by atoms with Gasteiger partial charge in [0.2, 0.25) is 5.82 Å². The summed E-state index contributed by atoms with van der Waals surface area (Å²) in [5.74, 6) is -2.42. The largest absolute Gasteiger partial charge is 0.505 e. The van der Waals surface area contributed by atoms with Crippen LogP contribution in [0.25, 0.3) is 0 Å². The molecule has 0 unspecified atom stereocenters. The Bertz CT molecular complexity index is 497. The molecular weight excluding hydrogens is 290 g/mol. The Morgan fingerprint density at radius 1 is 1.18 bits per heavy atom. The quantitative estimate of drug-likeness (QED) is 0.896. The molecule has 0 aliphatic carbocycles. The third kappa shape index (κ3) is 3.09. The molecule has 2 N–H and O–H groups in total. The second kappa shape index (κ2) is 6.89. The first-order valence-electron chi connectivity index (χ1n) is 7.88. The van der Waals surface area contributed by atoms with Crippen molar-refractivity contribution < 1.29 is 18.6 Å². The Kier molecular flexibility index (Phi) is 4.90. The van der Waals surface area contributed by atoms with E-state index in [9.17, 15) is 13.9 Å². The van der Waals surface area contributed by atoms with Crippen LogP contribution in [0.1, 0.15) is 24.4 Å². The zero-order valence-corrected chi connectivity index (χ0v) is 12.5. The number of piperazine rings is 1. The molecule has 2 saturated heterocycles. The number of hydrogen-bond donors (Lipinski definition) is 2. The molecule has 0 bridgehead atoms. The van der Waals surface area contributed by atoms with E-state index >= 15 is 0 Å². The number of ether oxygens (including phenoxy) is 1. The molecule has 0 spiro atoms. The molecule has 1 atom stereocenters. The fraction of sp³-hybridized carbons (Fsp3) is 0.625. The number of halogens is 2. The first-order valence-corrected chi connectivity index (χ1v) is 7.88. The SMILES string of the molecule is Oc1c([C@H](C2CCOCC2)N2CCNCC2)ccc(F)c1F. The van der Waals surface area contributed by atoms with Crippen LogP contribution in [0, 0.1) is 17.6 Å². The average Bonchev–Trinajstić information content (AvgIpc) is 2.57. The second-order valence-corrected chi connectivity index (χ2v) is 5.98. The molecule has 2 aliphatic rings. The summed E-state index contributed by atoms with van der Waals surface area (Å²) in [6.07, 6.45) is 1.74. The predicted octanol–water partition coefficient (Wildman–Crippen LogP) is 2.04. The molecule has 22 heavy (non-hydrogen) atoms. The van der Waals surface area contributed by atoms with Gasteiger partial charge in [0, 0.05) is 51.0 Å². The normalized spacial score (nSPS) is 22.6. The molecule has 6 heteroatoms. The summed E-state index contributed by atoms with van der Waals surface area (Å²) in [5.41, 5.74) is 0.493.